The van der Waals surface area contributed by atoms with Crippen molar-refractivity contribution in [2.24, 2.45) is 0 Å². The van der Waals surface area contributed by atoms with Gasteiger partial charge in [0.05, 0.1) is 16.7 Å². The number of carbonyl (C=O) groups is 1. The van der Waals surface area contributed by atoms with Crippen molar-refractivity contribution in [1.82, 2.24) is 20.4 Å². The van der Waals surface area contributed by atoms with Crippen molar-refractivity contribution in [1.29, 1.82) is 0 Å². The van der Waals surface area contributed by atoms with E-state index in [1.165, 1.54) is 0 Å². The van der Waals surface area contributed by atoms with E-state index in [0.29, 0.717) is 39.4 Å². The molecule has 0 spiro atoms. The highest BCUT2D eigenvalue weighted by molar-refractivity contribution is 9.10. The number of carbonyl (C=O) groups excluding carboxylic acids is 1. The van der Waals surface area contributed by atoms with E-state index >= 15 is 0 Å². The van der Waals surface area contributed by atoms with Crippen molar-refractivity contribution in [3.63, 3.8) is 0 Å². The van der Waals surface area contributed by atoms with Crippen LogP contribution in [0.4, 0.5) is 0 Å². The number of hydrogen-bond acceptors (Lipinski definition) is 4. The number of halogens is 2. The molecular formula is C22H20BrClN4O4. The van der Waals surface area contributed by atoms with E-state index in [0.717, 1.165) is 4.47 Å². The second-order valence-electron chi connectivity index (χ2n) is 7.14. The Labute approximate surface area is 196 Å². The monoisotopic (exact) mass is 518 g/mol. The second-order valence-corrected chi connectivity index (χ2v) is 8.05. The molecule has 0 bridgehead atoms. The first kappa shape index (κ1) is 23.4. The van der Waals surface area contributed by atoms with Gasteiger partial charge in [-0.1, -0.05) is 34.1 Å². The van der Waals surface area contributed by atoms with Crippen LogP contribution in [0.15, 0.2) is 62.6 Å². The summed E-state index contributed by atoms with van der Waals surface area (Å²) in [6, 6.07) is 13.7. The molecule has 2 aromatic heterocycles. The molecule has 2 heterocycles. The average molecular weight is 520 g/mol. The molecule has 0 unspecified atom stereocenters. The van der Waals surface area contributed by atoms with Crippen LogP contribution in [-0.2, 0) is 0 Å². The molecule has 0 fully saturated rings. The molecule has 166 valence electrons. The molecule has 10 heteroatoms. The van der Waals surface area contributed by atoms with Crippen LogP contribution in [0.5, 0.6) is 5.75 Å². The van der Waals surface area contributed by atoms with E-state index in [-0.39, 0.29) is 23.5 Å². The van der Waals surface area contributed by atoms with E-state index < -0.39 is 11.9 Å². The molecule has 0 atom stereocenters. The van der Waals surface area contributed by atoms with Crippen LogP contribution >= 0.6 is 28.3 Å². The number of aromatic nitrogens is 4. The lowest BCUT2D eigenvalue weighted by atomic mass is 9.85. The summed E-state index contributed by atoms with van der Waals surface area (Å²) in [6.45, 7) is 3.54. The molecule has 0 radical (unpaired) electrons. The molecule has 32 heavy (non-hydrogen) atoms. The zero-order valence-electron chi connectivity index (χ0n) is 17.1. The standard InChI is InChI=1S/C22H19BrN4O4.ClH/c1-11-17(20(28)26-24-11)19(18-12(2)25-27-21(18)29)13-6-8-16(9-7-13)31-22(30)14-4-3-5-15(23)10-14;/h3-10,19H,1-2H3,(H2,24,26,28)(H2,25,27,29);1H. The summed E-state index contributed by atoms with van der Waals surface area (Å²) in [5.74, 6) is -0.729. The summed E-state index contributed by atoms with van der Waals surface area (Å²) in [5, 5.41) is 10.8. The van der Waals surface area contributed by atoms with Crippen LogP contribution in [0.3, 0.4) is 0 Å². The Kier molecular flexibility index (Phi) is 6.90. The maximum absolute atomic E-state index is 12.5. The minimum atomic E-state index is -0.597. The zero-order chi connectivity index (χ0) is 22.1. The van der Waals surface area contributed by atoms with E-state index in [4.69, 9.17) is 4.74 Å². The van der Waals surface area contributed by atoms with Gasteiger partial charge in [-0.05, 0) is 49.7 Å². The van der Waals surface area contributed by atoms with E-state index in [2.05, 4.69) is 36.3 Å². The van der Waals surface area contributed by atoms with E-state index in [9.17, 15) is 14.4 Å². The third kappa shape index (κ3) is 4.49. The number of nitrogens with one attached hydrogen (secondary N) is 4. The Bertz CT molecular complexity index is 1310. The first-order chi connectivity index (χ1) is 14.8. The SMILES string of the molecule is Cc1[nH][nH]c(=O)c1C(c1ccc(OC(=O)c2cccc(Br)c2)cc1)c1c(C)[nH][nH]c1=O.Cl. The predicted molar refractivity (Wildman–Crippen MR) is 126 cm³/mol. The summed E-state index contributed by atoms with van der Waals surface area (Å²) >= 11 is 3.33. The lowest BCUT2D eigenvalue weighted by molar-refractivity contribution is 0.0734. The smallest absolute Gasteiger partial charge is 0.343 e. The van der Waals surface area contributed by atoms with Gasteiger partial charge >= 0.3 is 5.97 Å². The maximum atomic E-state index is 12.5. The molecular weight excluding hydrogens is 500 g/mol. The normalized spacial score (nSPS) is 10.8. The minimum Gasteiger partial charge on any atom is -0.423 e. The molecule has 0 amide bonds. The Morgan fingerprint density at radius 3 is 1.91 bits per heavy atom. The fraction of sp³-hybridized carbons (Fsp3) is 0.136. The fourth-order valence-corrected chi connectivity index (χ4v) is 3.99. The van der Waals surface area contributed by atoms with Crippen LogP contribution in [0.1, 0.15) is 44.4 Å². The minimum absolute atomic E-state index is 0. The van der Waals surface area contributed by atoms with Gasteiger partial charge in [0.15, 0.2) is 0 Å². The molecule has 0 aliphatic heterocycles. The van der Waals surface area contributed by atoms with Crippen molar-refractivity contribution in [3.8, 4) is 5.75 Å². The number of aromatic amines is 4. The fourth-order valence-electron chi connectivity index (χ4n) is 3.59. The molecule has 8 nitrogen and oxygen atoms in total. The van der Waals surface area contributed by atoms with Gasteiger partial charge in [-0.25, -0.2) is 4.79 Å². The summed E-state index contributed by atoms with van der Waals surface area (Å²) in [4.78, 5) is 37.4. The van der Waals surface area contributed by atoms with Crippen LogP contribution in [0.2, 0.25) is 0 Å². The summed E-state index contributed by atoms with van der Waals surface area (Å²) in [6.07, 6.45) is 0. The van der Waals surface area contributed by atoms with Crippen LogP contribution in [0.25, 0.3) is 0 Å². The molecule has 2 aromatic carbocycles. The molecule has 4 N–H and O–H groups in total. The first-order valence-corrected chi connectivity index (χ1v) is 10.3. The second kappa shape index (κ2) is 9.46. The average Bonchev–Trinajstić information content (AvgIpc) is 3.25. The highest BCUT2D eigenvalue weighted by Gasteiger charge is 2.28. The quantitative estimate of drug-likeness (QED) is 0.236. The molecule has 4 aromatic rings. The van der Waals surface area contributed by atoms with Gasteiger partial charge in [0.25, 0.3) is 11.1 Å². The first-order valence-electron chi connectivity index (χ1n) is 9.47. The van der Waals surface area contributed by atoms with Crippen LogP contribution in [0, 0.1) is 13.8 Å². The van der Waals surface area contributed by atoms with Crippen molar-refractivity contribution in [2.75, 3.05) is 0 Å². The van der Waals surface area contributed by atoms with Gasteiger partial charge in [0.2, 0.25) is 0 Å². The molecule has 0 aliphatic carbocycles. The predicted octanol–water partition coefficient (Wildman–Crippen LogP) is 3.92. The van der Waals surface area contributed by atoms with Gasteiger partial charge < -0.3 is 14.9 Å². The lowest BCUT2D eigenvalue weighted by Crippen LogP contribution is -2.20. The Hall–Kier alpha value is -3.30. The maximum Gasteiger partial charge on any atom is 0.343 e. The van der Waals surface area contributed by atoms with Gasteiger partial charge in [0, 0.05) is 21.8 Å². The summed E-state index contributed by atoms with van der Waals surface area (Å²) in [7, 11) is 0. The van der Waals surface area contributed by atoms with Gasteiger partial charge in [-0.2, -0.15) is 0 Å². The number of esters is 1. The molecule has 0 saturated heterocycles. The van der Waals surface area contributed by atoms with Gasteiger partial charge in [-0.3, -0.25) is 19.8 Å². The molecule has 0 aliphatic rings. The Morgan fingerprint density at radius 1 is 0.875 bits per heavy atom. The molecule has 4 rings (SSSR count). The third-order valence-electron chi connectivity index (χ3n) is 5.09. The Balaban J connectivity index is 0.00000289. The third-order valence-corrected chi connectivity index (χ3v) is 5.58. The molecule has 0 saturated carbocycles. The van der Waals surface area contributed by atoms with Crippen LogP contribution < -0.4 is 15.9 Å². The van der Waals surface area contributed by atoms with Crippen molar-refractivity contribution in [3.05, 3.63) is 107 Å². The van der Waals surface area contributed by atoms with Gasteiger partial charge in [-0.15, -0.1) is 12.4 Å². The van der Waals surface area contributed by atoms with Crippen molar-refractivity contribution >= 4 is 34.3 Å². The topological polar surface area (TPSA) is 124 Å². The van der Waals surface area contributed by atoms with Gasteiger partial charge in [0.1, 0.15) is 5.75 Å². The zero-order valence-corrected chi connectivity index (χ0v) is 19.5. The number of ether oxygens (including phenoxy) is 1. The Morgan fingerprint density at radius 2 is 1.44 bits per heavy atom. The van der Waals surface area contributed by atoms with E-state index in [1.54, 1.807) is 56.3 Å². The summed E-state index contributed by atoms with van der Waals surface area (Å²) in [5.41, 5.74) is 2.71. The lowest BCUT2D eigenvalue weighted by Gasteiger charge is -2.16. The van der Waals surface area contributed by atoms with Crippen molar-refractivity contribution in [2.45, 2.75) is 19.8 Å². The highest BCUT2D eigenvalue weighted by Crippen LogP contribution is 2.32. The summed E-state index contributed by atoms with van der Waals surface area (Å²) < 4.78 is 6.24. The van der Waals surface area contributed by atoms with Crippen LogP contribution in [-0.4, -0.2) is 26.4 Å². The number of H-pyrrole nitrogens is 4. The number of rotatable bonds is 5. The van der Waals surface area contributed by atoms with E-state index in [1.807, 2.05) is 6.07 Å². The largest absolute Gasteiger partial charge is 0.423 e. The number of hydrogen-bond donors (Lipinski definition) is 4. The highest BCUT2D eigenvalue weighted by atomic mass is 79.9. The number of aryl methyl sites for hydroxylation is 2. The number of benzene rings is 2. The van der Waals surface area contributed by atoms with Crippen molar-refractivity contribution < 1.29 is 9.53 Å².